The van der Waals surface area contributed by atoms with Crippen molar-refractivity contribution in [3.63, 3.8) is 0 Å². The predicted octanol–water partition coefficient (Wildman–Crippen LogP) is 4.41. The summed E-state index contributed by atoms with van der Waals surface area (Å²) in [6, 6.07) is 16.4. The van der Waals surface area contributed by atoms with Crippen LogP contribution in [-0.2, 0) is 18.1 Å². The van der Waals surface area contributed by atoms with E-state index in [1.54, 1.807) is 30.3 Å². The minimum Gasteiger partial charge on any atom is -0.489 e. The van der Waals surface area contributed by atoms with Gasteiger partial charge in [0.15, 0.2) is 5.60 Å². The maximum atomic E-state index is 15.8. The van der Waals surface area contributed by atoms with Crippen LogP contribution in [0.25, 0.3) is 0 Å². The van der Waals surface area contributed by atoms with E-state index in [0.717, 1.165) is 24.7 Å². The summed E-state index contributed by atoms with van der Waals surface area (Å²) in [5.41, 5.74) is -3.84. The average molecular weight is 607 g/mol. The van der Waals surface area contributed by atoms with E-state index in [2.05, 4.69) is 21.9 Å². The molecule has 0 fully saturated rings. The van der Waals surface area contributed by atoms with Crippen LogP contribution in [0, 0.1) is 40.6 Å². The number of halogens is 5. The minimum absolute atomic E-state index is 0.0832. The molecule has 0 bridgehead atoms. The van der Waals surface area contributed by atoms with Gasteiger partial charge in [0.25, 0.3) is 0 Å². The molecule has 5 N–H and O–H groups in total. The Balaban J connectivity index is 1.50. The predicted molar refractivity (Wildman–Crippen MR) is 150 cm³/mol. The molecule has 0 radical (unpaired) electrons. The number of hydrogen-bond donors (Lipinski definition) is 3. The van der Waals surface area contributed by atoms with Crippen LogP contribution in [-0.4, -0.2) is 28.0 Å². The average Bonchev–Trinajstić information content (AvgIpc) is 3.00. The molecule has 44 heavy (non-hydrogen) atoms. The maximum Gasteiger partial charge on any atom is 0.323 e. The number of ether oxygens (including phenoxy) is 1. The zero-order valence-electron chi connectivity index (χ0n) is 22.7. The van der Waals surface area contributed by atoms with Crippen LogP contribution >= 0.6 is 0 Å². The molecular weight excluding hydrogens is 583 g/mol. The highest BCUT2D eigenvalue weighted by Crippen LogP contribution is 2.46. The summed E-state index contributed by atoms with van der Waals surface area (Å²) < 4.78 is 78.9. The van der Waals surface area contributed by atoms with Crippen LogP contribution < -0.4 is 16.4 Å². The van der Waals surface area contributed by atoms with Gasteiger partial charge in [0, 0.05) is 29.0 Å². The first-order valence-corrected chi connectivity index (χ1v) is 12.7. The molecule has 0 aliphatic heterocycles. The molecule has 8 nitrogen and oxygen atoms in total. The van der Waals surface area contributed by atoms with Crippen molar-refractivity contribution >= 4 is 6.34 Å². The lowest BCUT2D eigenvalue weighted by molar-refractivity contribution is -0.203. The van der Waals surface area contributed by atoms with E-state index >= 15 is 8.78 Å². The highest BCUT2D eigenvalue weighted by Gasteiger charge is 2.58. The Morgan fingerprint density at radius 2 is 1.66 bits per heavy atom. The van der Waals surface area contributed by atoms with Gasteiger partial charge in [-0.05, 0) is 66.2 Å². The highest BCUT2D eigenvalue weighted by molar-refractivity contribution is 5.54. The second kappa shape index (κ2) is 13.2. The van der Waals surface area contributed by atoms with Gasteiger partial charge < -0.3 is 15.7 Å². The second-order valence-electron chi connectivity index (χ2n) is 9.42. The SMILES string of the molecule is N#Cc1cc(COc2ccc(C#Cc3ccc(C(F)(F)C(O)(CN(N)/C=N\N)c4ccc(F)cc4F)nc3)cc2)ccc1F. The molecule has 1 heterocycles. The Labute approximate surface area is 248 Å². The van der Waals surface area contributed by atoms with E-state index in [4.69, 9.17) is 21.7 Å². The fourth-order valence-electron chi connectivity index (χ4n) is 4.13. The number of alkyl halides is 2. The van der Waals surface area contributed by atoms with E-state index < -0.39 is 46.8 Å². The molecule has 224 valence electrons. The van der Waals surface area contributed by atoms with Gasteiger partial charge in [-0.1, -0.05) is 17.9 Å². The Morgan fingerprint density at radius 1 is 0.955 bits per heavy atom. The van der Waals surface area contributed by atoms with Gasteiger partial charge in [-0.2, -0.15) is 19.1 Å². The lowest BCUT2D eigenvalue weighted by Gasteiger charge is -2.37. The fraction of sp³-hybridized carbons (Fsp3) is 0.129. The van der Waals surface area contributed by atoms with Crippen LogP contribution in [0.4, 0.5) is 22.0 Å². The molecule has 4 aromatic rings. The summed E-state index contributed by atoms with van der Waals surface area (Å²) in [5, 5.41) is 23.8. The topological polar surface area (TPSA) is 134 Å². The standard InChI is InChI=1S/C31H23F5N6O2/c32-24-7-10-26(28(34)14-24)30(43,18-42(39)19-41-38)31(35,36)29-12-6-21(16-40-29)2-1-20-3-8-25(9-4-20)44-17-22-5-11-27(33)23(13-22)15-37/h3-14,16,19,43H,17-18,38-39H2/b41-19-. The summed E-state index contributed by atoms with van der Waals surface area (Å²) in [6.45, 7) is -0.980. The minimum atomic E-state index is -4.24. The van der Waals surface area contributed by atoms with Crippen molar-refractivity contribution in [1.82, 2.24) is 9.99 Å². The Hall–Kier alpha value is -5.50. The lowest BCUT2D eigenvalue weighted by Crippen LogP contribution is -2.53. The molecular formula is C31H23F5N6O2. The summed E-state index contributed by atoms with van der Waals surface area (Å²) in [7, 11) is 0. The fourth-order valence-corrected chi connectivity index (χ4v) is 4.13. The molecule has 4 rings (SSSR count). The monoisotopic (exact) mass is 606 g/mol. The Bertz CT molecular complexity index is 1770. The van der Waals surface area contributed by atoms with Crippen molar-refractivity contribution in [3.05, 3.63) is 130 Å². The maximum absolute atomic E-state index is 15.8. The van der Waals surface area contributed by atoms with Crippen molar-refractivity contribution in [3.8, 4) is 23.7 Å². The highest BCUT2D eigenvalue weighted by atomic mass is 19.3. The number of pyridine rings is 1. The summed E-state index contributed by atoms with van der Waals surface area (Å²) in [4.78, 5) is 3.75. The van der Waals surface area contributed by atoms with E-state index in [9.17, 15) is 18.3 Å². The largest absolute Gasteiger partial charge is 0.489 e. The molecule has 0 aliphatic carbocycles. The number of rotatable bonds is 9. The van der Waals surface area contributed by atoms with E-state index in [1.807, 2.05) is 0 Å². The molecule has 1 aromatic heterocycles. The van der Waals surface area contributed by atoms with Gasteiger partial charge in [0.2, 0.25) is 0 Å². The van der Waals surface area contributed by atoms with Crippen molar-refractivity contribution in [2.45, 2.75) is 18.1 Å². The molecule has 1 unspecified atom stereocenters. The summed E-state index contributed by atoms with van der Waals surface area (Å²) >= 11 is 0. The zero-order chi connectivity index (χ0) is 31.9. The van der Waals surface area contributed by atoms with Crippen molar-refractivity contribution in [1.29, 1.82) is 5.26 Å². The molecule has 0 spiro atoms. The van der Waals surface area contributed by atoms with Gasteiger partial charge in [-0.15, -0.1) is 0 Å². The van der Waals surface area contributed by atoms with Gasteiger partial charge >= 0.3 is 5.92 Å². The number of hydrazine groups is 1. The van der Waals surface area contributed by atoms with Gasteiger partial charge in [-0.25, -0.2) is 19.0 Å². The molecule has 0 amide bonds. The number of aromatic nitrogens is 1. The van der Waals surface area contributed by atoms with Crippen LogP contribution in [0.2, 0.25) is 0 Å². The number of hydrazone groups is 1. The molecule has 1 atom stereocenters. The van der Waals surface area contributed by atoms with Crippen LogP contribution in [0.1, 0.15) is 33.5 Å². The number of hydrogen-bond acceptors (Lipinski definition) is 7. The summed E-state index contributed by atoms with van der Waals surface area (Å²) in [5.74, 6) is 9.42. The third-order valence-corrected chi connectivity index (χ3v) is 6.37. The Kier molecular flexibility index (Phi) is 9.44. The quantitative estimate of drug-likeness (QED) is 0.0642. The zero-order valence-corrected chi connectivity index (χ0v) is 22.7. The first kappa shape index (κ1) is 31.4. The number of nitrogens with zero attached hydrogens (tertiary/aromatic N) is 4. The number of nitrogens with two attached hydrogens (primary N) is 2. The van der Waals surface area contributed by atoms with Crippen LogP contribution in [0.15, 0.2) is 84.1 Å². The van der Waals surface area contributed by atoms with Gasteiger partial charge in [-0.3, -0.25) is 9.99 Å². The number of aliphatic hydroxyl groups is 1. The Morgan fingerprint density at radius 3 is 2.30 bits per heavy atom. The normalized spacial score (nSPS) is 12.6. The van der Waals surface area contributed by atoms with Crippen LogP contribution in [0.5, 0.6) is 5.75 Å². The summed E-state index contributed by atoms with van der Waals surface area (Å²) in [6.07, 6.45) is 1.79. The van der Waals surface area contributed by atoms with Crippen molar-refractivity contribution in [2.24, 2.45) is 16.8 Å². The molecule has 13 heteroatoms. The first-order valence-electron chi connectivity index (χ1n) is 12.7. The molecule has 0 saturated carbocycles. The van der Waals surface area contributed by atoms with Gasteiger partial charge in [0.05, 0.1) is 12.1 Å². The smallest absolute Gasteiger partial charge is 0.323 e. The molecule has 0 aliphatic rings. The molecule has 3 aromatic carbocycles. The van der Waals surface area contributed by atoms with Crippen molar-refractivity contribution in [2.75, 3.05) is 6.54 Å². The third kappa shape index (κ3) is 6.93. The molecule has 0 saturated heterocycles. The van der Waals surface area contributed by atoms with E-state index in [0.29, 0.717) is 34.0 Å². The van der Waals surface area contributed by atoms with E-state index in [1.165, 1.54) is 24.3 Å². The van der Waals surface area contributed by atoms with Gasteiger partial charge in [0.1, 0.15) is 47.9 Å². The first-order chi connectivity index (χ1) is 21.0. The number of nitriles is 1. The number of benzene rings is 3. The second-order valence-corrected chi connectivity index (χ2v) is 9.42. The third-order valence-electron chi connectivity index (χ3n) is 6.37. The van der Waals surface area contributed by atoms with Crippen molar-refractivity contribution < 1.29 is 31.8 Å². The van der Waals surface area contributed by atoms with Crippen LogP contribution in [0.3, 0.4) is 0 Å². The lowest BCUT2D eigenvalue weighted by atomic mass is 9.84. The van der Waals surface area contributed by atoms with E-state index in [-0.39, 0.29) is 17.7 Å².